The van der Waals surface area contributed by atoms with E-state index in [0.717, 1.165) is 24.0 Å². The molecule has 4 heteroatoms. The normalized spacial score (nSPS) is 26.1. The van der Waals surface area contributed by atoms with Crippen LogP contribution in [-0.2, 0) is 11.3 Å². The molecule has 0 bridgehead atoms. The summed E-state index contributed by atoms with van der Waals surface area (Å²) in [5, 5.41) is 2.03. The van der Waals surface area contributed by atoms with Gasteiger partial charge in [0.1, 0.15) is 0 Å². The van der Waals surface area contributed by atoms with Gasteiger partial charge in [-0.05, 0) is 37.2 Å². The zero-order valence-corrected chi connectivity index (χ0v) is 13.6. The molecule has 1 aromatic heterocycles. The molecule has 3 nitrogen and oxygen atoms in total. The summed E-state index contributed by atoms with van der Waals surface area (Å²) < 4.78 is 0. The number of hydrogen-bond acceptors (Lipinski definition) is 3. The van der Waals surface area contributed by atoms with E-state index in [2.05, 4.69) is 6.58 Å². The first-order valence-corrected chi connectivity index (χ1v) is 9.13. The first-order chi connectivity index (χ1) is 10.6. The van der Waals surface area contributed by atoms with Crippen LogP contribution in [0, 0.1) is 0 Å². The zero-order chi connectivity index (χ0) is 15.3. The van der Waals surface area contributed by atoms with Gasteiger partial charge in [-0.2, -0.15) is 0 Å². The van der Waals surface area contributed by atoms with E-state index in [1.54, 1.807) is 11.3 Å². The highest BCUT2D eigenvalue weighted by molar-refractivity contribution is 7.10. The largest absolute Gasteiger partial charge is 0.324 e. The molecule has 1 amide bonds. The van der Waals surface area contributed by atoms with Crippen molar-refractivity contribution in [3.05, 3.63) is 33.5 Å². The monoisotopic (exact) mass is 315 g/mol. The van der Waals surface area contributed by atoms with Crippen LogP contribution < -0.4 is 0 Å². The van der Waals surface area contributed by atoms with E-state index in [-0.39, 0.29) is 17.7 Å². The summed E-state index contributed by atoms with van der Waals surface area (Å²) in [6.07, 6.45) is 7.16. The maximum atomic E-state index is 12.7. The fraction of sp³-hybridized carbons (Fsp3) is 0.556. The first-order valence-electron chi connectivity index (χ1n) is 8.25. The molecule has 0 aromatic carbocycles. The van der Waals surface area contributed by atoms with Crippen LogP contribution >= 0.6 is 11.3 Å². The fourth-order valence-corrected chi connectivity index (χ4v) is 5.44. The van der Waals surface area contributed by atoms with Gasteiger partial charge >= 0.3 is 0 Å². The Balaban J connectivity index is 1.59. The zero-order valence-electron chi connectivity index (χ0n) is 12.8. The van der Waals surface area contributed by atoms with Crippen LogP contribution in [-0.4, -0.2) is 22.6 Å². The Morgan fingerprint density at radius 2 is 1.95 bits per heavy atom. The molecule has 116 valence electrons. The van der Waals surface area contributed by atoms with E-state index in [1.165, 1.54) is 36.1 Å². The number of carbonyl (C=O) groups excluding carboxylic acids is 2. The minimum atomic E-state index is -0.230. The molecular formula is C18H21NO2S. The van der Waals surface area contributed by atoms with Gasteiger partial charge in [-0.3, -0.25) is 9.59 Å². The Hall–Kier alpha value is -1.42. The Morgan fingerprint density at radius 3 is 2.68 bits per heavy atom. The smallest absolute Gasteiger partial charge is 0.255 e. The van der Waals surface area contributed by atoms with Crippen LogP contribution in [0.15, 0.2) is 17.5 Å². The first kappa shape index (κ1) is 14.2. The fourth-order valence-electron chi connectivity index (χ4n) is 4.20. The Bertz CT molecular complexity index is 654. The molecule has 2 aliphatic carbocycles. The molecule has 1 unspecified atom stereocenters. The van der Waals surface area contributed by atoms with Gasteiger partial charge in [0.25, 0.3) is 5.91 Å². The number of rotatable bonds is 2. The average molecular weight is 315 g/mol. The predicted octanol–water partition coefficient (Wildman–Crippen LogP) is 4.04. The number of nitrogens with zero attached hydrogens (tertiary/aromatic N) is 1. The Labute approximate surface area is 135 Å². The molecule has 4 rings (SSSR count). The standard InChI is InChI=1S/C18H21NO2S/c1-11-6-7-15(16(20)8-11)19-9-13-14(18(19)21)10-22-17(13)12-4-2-3-5-12/h10,12,15H,1-9H2. The van der Waals surface area contributed by atoms with Crippen molar-refractivity contribution in [2.75, 3.05) is 0 Å². The summed E-state index contributed by atoms with van der Waals surface area (Å²) in [5.41, 5.74) is 3.09. The molecule has 2 fully saturated rings. The van der Waals surface area contributed by atoms with Crippen molar-refractivity contribution >= 4 is 23.0 Å². The van der Waals surface area contributed by atoms with Crippen molar-refractivity contribution in [2.24, 2.45) is 0 Å². The summed E-state index contributed by atoms with van der Waals surface area (Å²) in [6.45, 7) is 4.56. The van der Waals surface area contributed by atoms with Gasteiger partial charge in [-0.25, -0.2) is 0 Å². The third-order valence-corrected chi connectivity index (χ3v) is 6.60. The second-order valence-electron chi connectivity index (χ2n) is 6.85. The second-order valence-corrected chi connectivity index (χ2v) is 7.77. The minimum absolute atomic E-state index is 0.0707. The third-order valence-electron chi connectivity index (χ3n) is 5.42. The highest BCUT2D eigenvalue weighted by atomic mass is 32.1. The predicted molar refractivity (Wildman–Crippen MR) is 87.2 cm³/mol. The van der Waals surface area contributed by atoms with E-state index in [4.69, 9.17) is 0 Å². The molecule has 1 aromatic rings. The van der Waals surface area contributed by atoms with Crippen molar-refractivity contribution in [2.45, 2.75) is 63.5 Å². The van der Waals surface area contributed by atoms with Gasteiger partial charge in [-0.1, -0.05) is 25.0 Å². The van der Waals surface area contributed by atoms with Crippen molar-refractivity contribution in [1.29, 1.82) is 0 Å². The van der Waals surface area contributed by atoms with E-state index in [0.29, 0.717) is 18.9 Å². The number of fused-ring (bicyclic) bond motifs is 1. The van der Waals surface area contributed by atoms with Gasteiger partial charge < -0.3 is 4.90 Å². The molecule has 2 saturated carbocycles. The van der Waals surface area contributed by atoms with E-state index in [9.17, 15) is 9.59 Å². The lowest BCUT2D eigenvalue weighted by Crippen LogP contribution is -2.43. The number of carbonyl (C=O) groups is 2. The summed E-state index contributed by atoms with van der Waals surface area (Å²) in [4.78, 5) is 28.2. The van der Waals surface area contributed by atoms with Crippen LogP contribution in [0.4, 0.5) is 0 Å². The van der Waals surface area contributed by atoms with E-state index < -0.39 is 0 Å². The molecule has 3 aliphatic rings. The van der Waals surface area contributed by atoms with Gasteiger partial charge in [0.05, 0.1) is 11.6 Å². The maximum Gasteiger partial charge on any atom is 0.255 e. The molecule has 0 saturated heterocycles. The number of hydrogen-bond donors (Lipinski definition) is 0. The van der Waals surface area contributed by atoms with Crippen molar-refractivity contribution in [3.8, 4) is 0 Å². The molecule has 1 aliphatic heterocycles. The minimum Gasteiger partial charge on any atom is -0.324 e. The number of Topliss-reactive ketones (excluding diaryl/α,β-unsaturated/α-hetero) is 1. The second kappa shape index (κ2) is 5.34. The van der Waals surface area contributed by atoms with Crippen LogP contribution in [0.1, 0.15) is 71.7 Å². The maximum absolute atomic E-state index is 12.7. The summed E-state index contributed by atoms with van der Waals surface area (Å²) >= 11 is 1.76. The van der Waals surface area contributed by atoms with Crippen molar-refractivity contribution in [1.82, 2.24) is 4.90 Å². The molecular weight excluding hydrogens is 294 g/mol. The lowest BCUT2D eigenvalue weighted by atomic mass is 9.89. The van der Waals surface area contributed by atoms with Gasteiger partial charge in [0, 0.05) is 23.2 Å². The van der Waals surface area contributed by atoms with Gasteiger partial charge in [0.15, 0.2) is 5.78 Å². The topological polar surface area (TPSA) is 37.4 Å². The average Bonchev–Trinajstić information content (AvgIpc) is 3.18. The van der Waals surface area contributed by atoms with Crippen molar-refractivity contribution < 1.29 is 9.59 Å². The molecule has 0 spiro atoms. The highest BCUT2D eigenvalue weighted by Gasteiger charge is 2.40. The summed E-state index contributed by atoms with van der Waals surface area (Å²) in [5.74, 6) is 0.880. The van der Waals surface area contributed by atoms with Crippen molar-refractivity contribution in [3.63, 3.8) is 0 Å². The van der Waals surface area contributed by atoms with Gasteiger partial charge in [0.2, 0.25) is 0 Å². The summed E-state index contributed by atoms with van der Waals surface area (Å²) in [7, 11) is 0. The lowest BCUT2D eigenvalue weighted by molar-refractivity contribution is -0.124. The molecule has 22 heavy (non-hydrogen) atoms. The number of amides is 1. The van der Waals surface area contributed by atoms with Crippen LogP contribution in [0.3, 0.4) is 0 Å². The number of thiophene rings is 1. The Morgan fingerprint density at radius 1 is 1.18 bits per heavy atom. The van der Waals surface area contributed by atoms with E-state index in [1.807, 2.05) is 10.3 Å². The highest BCUT2D eigenvalue weighted by Crippen LogP contribution is 2.43. The lowest BCUT2D eigenvalue weighted by Gasteiger charge is -2.30. The third kappa shape index (κ3) is 2.16. The molecule has 0 N–H and O–H groups in total. The number of ketones is 1. The summed E-state index contributed by atoms with van der Waals surface area (Å²) in [6, 6.07) is -0.230. The molecule has 2 heterocycles. The van der Waals surface area contributed by atoms with E-state index >= 15 is 0 Å². The van der Waals surface area contributed by atoms with Crippen LogP contribution in [0.25, 0.3) is 0 Å². The number of allylic oxidation sites excluding steroid dienone is 1. The molecule has 1 atom stereocenters. The quantitative estimate of drug-likeness (QED) is 0.772. The molecule has 0 radical (unpaired) electrons. The van der Waals surface area contributed by atoms with Crippen LogP contribution in [0.2, 0.25) is 0 Å². The van der Waals surface area contributed by atoms with Crippen LogP contribution in [0.5, 0.6) is 0 Å². The SMILES string of the molecule is C=C1CCC(N2Cc3c(csc3C3CCCC3)C2=O)C(=O)C1. The Kier molecular flexibility index (Phi) is 3.44. The van der Waals surface area contributed by atoms with Gasteiger partial charge in [-0.15, -0.1) is 11.3 Å².